The largest absolute Gasteiger partial charge is 0.465 e. The van der Waals surface area contributed by atoms with E-state index in [1.54, 1.807) is 6.08 Å². The van der Waals surface area contributed by atoms with Crippen molar-refractivity contribution < 1.29 is 19.1 Å². The molecule has 0 aliphatic heterocycles. The van der Waals surface area contributed by atoms with Gasteiger partial charge in [0.05, 0.1) is 25.4 Å². The molecule has 5 nitrogen and oxygen atoms in total. The number of esters is 2. The van der Waals surface area contributed by atoms with Gasteiger partial charge in [-0.25, -0.2) is 9.59 Å². The number of methoxy groups -OCH3 is 2. The molecule has 0 spiro atoms. The minimum Gasteiger partial charge on any atom is -0.465 e. The molecule has 1 aromatic heterocycles. The van der Waals surface area contributed by atoms with E-state index in [2.05, 4.69) is 0 Å². The van der Waals surface area contributed by atoms with Crippen molar-refractivity contribution in [2.24, 2.45) is 0 Å². The zero-order valence-corrected chi connectivity index (χ0v) is 11.6. The van der Waals surface area contributed by atoms with Crippen LogP contribution in [-0.2, 0) is 19.1 Å². The average molecular weight is 275 g/mol. The Labute approximate surface area is 117 Å². The zero-order chi connectivity index (χ0) is 14.5. The molecule has 0 fully saturated rings. The van der Waals surface area contributed by atoms with Crippen molar-refractivity contribution in [2.75, 3.05) is 14.2 Å². The second-order valence-corrected chi connectivity index (χ2v) is 4.41. The summed E-state index contributed by atoms with van der Waals surface area (Å²) in [7, 11) is 2.61. The van der Waals surface area contributed by atoms with Gasteiger partial charge in [0.1, 0.15) is 0 Å². The van der Waals surface area contributed by atoms with Gasteiger partial charge >= 0.3 is 11.9 Å². The van der Waals surface area contributed by atoms with Gasteiger partial charge in [-0.15, -0.1) is 0 Å². The molecule has 0 N–H and O–H groups in total. The van der Waals surface area contributed by atoms with Crippen LogP contribution < -0.4 is 0 Å². The number of nitrogens with zero attached hydrogens (tertiary/aromatic N) is 1. The Morgan fingerprint density at radius 3 is 2.35 bits per heavy atom. The van der Waals surface area contributed by atoms with E-state index < -0.39 is 11.9 Å². The highest BCUT2D eigenvalue weighted by molar-refractivity contribution is 6.10. The van der Waals surface area contributed by atoms with Crippen LogP contribution in [0.4, 0.5) is 0 Å². The van der Waals surface area contributed by atoms with Gasteiger partial charge in [-0.2, -0.15) is 0 Å². The Balaban J connectivity index is 2.60. The van der Waals surface area contributed by atoms with E-state index in [9.17, 15) is 9.59 Å². The molecule has 0 saturated heterocycles. The molecule has 0 radical (unpaired) electrons. The highest BCUT2D eigenvalue weighted by Crippen LogP contribution is 2.29. The van der Waals surface area contributed by atoms with Gasteiger partial charge in [0.15, 0.2) is 0 Å². The minimum atomic E-state index is -0.521. The Hall–Kier alpha value is -2.30. The Morgan fingerprint density at radius 2 is 1.75 bits per heavy atom. The first kappa shape index (κ1) is 14.1. The molecular weight excluding hydrogens is 258 g/mol. The standard InChI is InChI=1S/C15H17NO4/c1-19-14(17)11-7-3-4-8-12(13(11)15(18)20-2)16-9-5-6-10-16/h5-7,9-10H,3-4,8H2,1-2H3. The fourth-order valence-corrected chi connectivity index (χ4v) is 2.30. The van der Waals surface area contributed by atoms with Crippen LogP contribution in [0.15, 0.2) is 41.7 Å². The van der Waals surface area contributed by atoms with Crippen LogP contribution in [-0.4, -0.2) is 30.7 Å². The SMILES string of the molecule is COC(=O)C1=CCCCC(n2cccc2)=C1C(=O)OC. The van der Waals surface area contributed by atoms with Crippen molar-refractivity contribution in [3.05, 3.63) is 41.7 Å². The molecule has 0 saturated carbocycles. The summed E-state index contributed by atoms with van der Waals surface area (Å²) < 4.78 is 11.5. The molecule has 1 aliphatic carbocycles. The number of allylic oxidation sites excluding steroid dienone is 2. The van der Waals surface area contributed by atoms with E-state index in [0.717, 1.165) is 18.5 Å². The lowest BCUT2D eigenvalue weighted by Crippen LogP contribution is -2.17. The quantitative estimate of drug-likeness (QED) is 0.793. The molecule has 1 heterocycles. The van der Waals surface area contributed by atoms with Crippen LogP contribution in [0.5, 0.6) is 0 Å². The molecule has 1 aliphatic rings. The summed E-state index contributed by atoms with van der Waals surface area (Å²) >= 11 is 0. The summed E-state index contributed by atoms with van der Waals surface area (Å²) in [4.78, 5) is 24.0. The Bertz CT molecular complexity index is 567. The van der Waals surface area contributed by atoms with E-state index in [0.29, 0.717) is 6.42 Å². The molecule has 0 aromatic carbocycles. The van der Waals surface area contributed by atoms with E-state index in [-0.39, 0.29) is 11.1 Å². The average Bonchev–Trinajstić information content (AvgIpc) is 2.91. The molecule has 0 amide bonds. The summed E-state index contributed by atoms with van der Waals surface area (Å²) in [5, 5.41) is 0. The van der Waals surface area contributed by atoms with Gasteiger partial charge in [0.25, 0.3) is 0 Å². The second kappa shape index (κ2) is 6.23. The van der Waals surface area contributed by atoms with Crippen molar-refractivity contribution in [2.45, 2.75) is 19.3 Å². The zero-order valence-electron chi connectivity index (χ0n) is 11.6. The van der Waals surface area contributed by atoms with Crippen molar-refractivity contribution in [3.63, 3.8) is 0 Å². The maximum Gasteiger partial charge on any atom is 0.340 e. The lowest BCUT2D eigenvalue weighted by molar-refractivity contribution is -0.139. The van der Waals surface area contributed by atoms with Crippen LogP contribution in [0.1, 0.15) is 19.3 Å². The first-order chi connectivity index (χ1) is 9.69. The minimum absolute atomic E-state index is 0.278. The molecule has 106 valence electrons. The normalized spacial score (nSPS) is 15.4. The first-order valence-electron chi connectivity index (χ1n) is 6.42. The molecule has 5 heteroatoms. The fourth-order valence-electron chi connectivity index (χ4n) is 2.30. The Kier molecular flexibility index (Phi) is 4.40. The molecule has 20 heavy (non-hydrogen) atoms. The number of hydrogen-bond donors (Lipinski definition) is 0. The topological polar surface area (TPSA) is 57.5 Å². The van der Waals surface area contributed by atoms with Crippen molar-refractivity contribution in [1.29, 1.82) is 0 Å². The molecule has 0 bridgehead atoms. The predicted octanol–water partition coefficient (Wildman–Crippen LogP) is 2.16. The Morgan fingerprint density at radius 1 is 1.10 bits per heavy atom. The third-order valence-corrected chi connectivity index (χ3v) is 3.24. The summed E-state index contributed by atoms with van der Waals surface area (Å²) in [6.07, 6.45) is 7.70. The summed E-state index contributed by atoms with van der Waals surface area (Å²) in [5.74, 6) is -1.04. The van der Waals surface area contributed by atoms with Crippen molar-refractivity contribution in [1.82, 2.24) is 4.57 Å². The maximum absolute atomic E-state index is 12.1. The summed E-state index contributed by atoms with van der Waals surface area (Å²) in [5.41, 5.74) is 1.32. The number of rotatable bonds is 3. The third-order valence-electron chi connectivity index (χ3n) is 3.24. The highest BCUT2D eigenvalue weighted by atomic mass is 16.5. The molecule has 0 unspecified atom stereocenters. The van der Waals surface area contributed by atoms with E-state index >= 15 is 0 Å². The van der Waals surface area contributed by atoms with Crippen molar-refractivity contribution in [3.8, 4) is 0 Å². The van der Waals surface area contributed by atoms with Gasteiger partial charge in [-0.05, 0) is 31.4 Å². The first-order valence-corrected chi connectivity index (χ1v) is 6.42. The van der Waals surface area contributed by atoms with Gasteiger partial charge in [0.2, 0.25) is 0 Å². The highest BCUT2D eigenvalue weighted by Gasteiger charge is 2.28. The van der Waals surface area contributed by atoms with Gasteiger partial charge in [-0.1, -0.05) is 6.08 Å². The smallest absolute Gasteiger partial charge is 0.340 e. The number of ether oxygens (including phenoxy) is 2. The molecule has 0 atom stereocenters. The summed E-state index contributed by atoms with van der Waals surface area (Å²) in [6, 6.07) is 3.74. The van der Waals surface area contributed by atoms with Gasteiger partial charge in [-0.3, -0.25) is 0 Å². The molecule has 2 rings (SSSR count). The van der Waals surface area contributed by atoms with Crippen LogP contribution in [0.3, 0.4) is 0 Å². The number of hydrogen-bond acceptors (Lipinski definition) is 4. The number of carbonyl (C=O) groups excluding carboxylic acids is 2. The van der Waals surface area contributed by atoms with Crippen LogP contribution in [0.2, 0.25) is 0 Å². The van der Waals surface area contributed by atoms with E-state index in [4.69, 9.17) is 9.47 Å². The van der Waals surface area contributed by atoms with Gasteiger partial charge < -0.3 is 14.0 Å². The molecular formula is C15H17NO4. The van der Waals surface area contributed by atoms with Crippen LogP contribution >= 0.6 is 0 Å². The molecule has 1 aromatic rings. The maximum atomic E-state index is 12.1. The monoisotopic (exact) mass is 275 g/mol. The summed E-state index contributed by atoms with van der Waals surface area (Å²) in [6.45, 7) is 0. The third kappa shape index (κ3) is 2.66. The second-order valence-electron chi connectivity index (χ2n) is 4.41. The van der Waals surface area contributed by atoms with Crippen molar-refractivity contribution >= 4 is 17.6 Å². The number of carbonyl (C=O) groups is 2. The van der Waals surface area contributed by atoms with Crippen LogP contribution in [0.25, 0.3) is 5.70 Å². The predicted molar refractivity (Wildman–Crippen MR) is 73.6 cm³/mol. The lowest BCUT2D eigenvalue weighted by Gasteiger charge is -2.14. The lowest BCUT2D eigenvalue weighted by atomic mass is 10.0. The van der Waals surface area contributed by atoms with E-state index in [1.165, 1.54) is 14.2 Å². The number of aromatic nitrogens is 1. The van der Waals surface area contributed by atoms with Crippen LogP contribution in [0, 0.1) is 0 Å². The van der Waals surface area contributed by atoms with E-state index in [1.807, 2.05) is 29.1 Å². The fraction of sp³-hybridized carbons (Fsp3) is 0.333. The van der Waals surface area contributed by atoms with Gasteiger partial charge in [0, 0.05) is 18.1 Å².